The molecule has 0 aromatic rings. The molecular weight excluding hydrogens is 390 g/mol. The number of carbonyl (C=O) groups is 5. The Morgan fingerprint density at radius 2 is 1.63 bits per heavy atom. The number of esters is 1. The fraction of sp³-hybridized carbons (Fsp3) is 0.429. The maximum atomic E-state index is 11.8. The molecule has 0 saturated heterocycles. The molecule has 0 bridgehead atoms. The minimum absolute atomic E-state index is 0.141. The summed E-state index contributed by atoms with van der Waals surface area (Å²) < 4.78 is 4.71. The van der Waals surface area contributed by atoms with Gasteiger partial charge in [0.15, 0.2) is 0 Å². The van der Waals surface area contributed by atoms with Crippen molar-refractivity contribution >= 4 is 35.4 Å². The van der Waals surface area contributed by atoms with Gasteiger partial charge in [0.05, 0.1) is 17.9 Å². The lowest BCUT2D eigenvalue weighted by molar-refractivity contribution is -0.140. The van der Waals surface area contributed by atoms with Crippen LogP contribution in [0.1, 0.15) is 48.5 Å². The molecule has 9 heteroatoms. The summed E-state index contributed by atoms with van der Waals surface area (Å²) in [6.07, 6.45) is 1.27. The minimum Gasteiger partial charge on any atom is -0.462 e. The molecule has 0 aromatic carbocycles. The van der Waals surface area contributed by atoms with E-state index in [0.717, 1.165) is 16.0 Å². The zero-order valence-electron chi connectivity index (χ0n) is 18.3. The van der Waals surface area contributed by atoms with Crippen molar-refractivity contribution in [3.05, 3.63) is 33.9 Å². The normalized spacial score (nSPS) is 16.3. The summed E-state index contributed by atoms with van der Waals surface area (Å²) in [4.78, 5) is 62.2. The van der Waals surface area contributed by atoms with Crippen molar-refractivity contribution in [1.29, 1.82) is 0 Å². The van der Waals surface area contributed by atoms with Gasteiger partial charge in [-0.05, 0) is 54.5 Å². The molecule has 2 aliphatic rings. The molecule has 2 aliphatic heterocycles. The van der Waals surface area contributed by atoms with Crippen LogP contribution >= 0.6 is 0 Å². The van der Waals surface area contributed by atoms with Crippen molar-refractivity contribution in [2.75, 3.05) is 13.2 Å². The number of ether oxygens (including phenoxy) is 1. The van der Waals surface area contributed by atoms with E-state index in [1.165, 1.54) is 6.08 Å². The van der Waals surface area contributed by atoms with Gasteiger partial charge in [-0.25, -0.2) is 9.59 Å². The Morgan fingerprint density at radius 1 is 1.03 bits per heavy atom. The van der Waals surface area contributed by atoms with Crippen LogP contribution in [-0.4, -0.2) is 53.5 Å². The fourth-order valence-electron chi connectivity index (χ4n) is 2.74. The van der Waals surface area contributed by atoms with Gasteiger partial charge in [-0.1, -0.05) is 11.1 Å². The predicted octanol–water partition coefficient (Wildman–Crippen LogP) is 2.23. The molecule has 1 N–H and O–H groups in total. The van der Waals surface area contributed by atoms with E-state index in [2.05, 4.69) is 10.3 Å². The third-order valence-electron chi connectivity index (χ3n) is 4.17. The highest BCUT2D eigenvalue weighted by atomic mass is 16.5. The van der Waals surface area contributed by atoms with Crippen LogP contribution in [0.25, 0.3) is 0 Å². The highest BCUT2D eigenvalue weighted by molar-refractivity contribution is 6.29. The van der Waals surface area contributed by atoms with Crippen molar-refractivity contribution < 1.29 is 28.7 Å². The Morgan fingerprint density at radius 3 is 2.10 bits per heavy atom. The summed E-state index contributed by atoms with van der Waals surface area (Å²) in [6, 6.07) is -0.458. The average molecular weight is 417 g/mol. The molecule has 0 aromatic heterocycles. The molecule has 0 saturated carbocycles. The Kier molecular flexibility index (Phi) is 8.58. The number of carbonyl (C=O) groups excluding carboxylic acids is 5. The Balaban J connectivity index is 0.000000303. The van der Waals surface area contributed by atoms with Crippen molar-refractivity contribution in [3.8, 4) is 0 Å². The Labute approximate surface area is 175 Å². The maximum absolute atomic E-state index is 11.8. The number of amides is 5. The van der Waals surface area contributed by atoms with Gasteiger partial charge < -0.3 is 4.74 Å². The summed E-state index contributed by atoms with van der Waals surface area (Å²) >= 11 is 0. The lowest BCUT2D eigenvalue weighted by Gasteiger charge is -2.23. The van der Waals surface area contributed by atoms with E-state index >= 15 is 0 Å². The van der Waals surface area contributed by atoms with Gasteiger partial charge in [0.25, 0.3) is 17.7 Å². The molecule has 0 fully saturated rings. The van der Waals surface area contributed by atoms with Crippen LogP contribution < -0.4 is 5.32 Å². The van der Waals surface area contributed by atoms with Crippen LogP contribution in [0.15, 0.2) is 38.9 Å². The molecule has 5 amide bonds. The molecule has 0 atom stereocenters. The van der Waals surface area contributed by atoms with Crippen LogP contribution in [0.4, 0.5) is 4.79 Å². The summed E-state index contributed by atoms with van der Waals surface area (Å²) in [7, 11) is 0. The van der Waals surface area contributed by atoms with Crippen LogP contribution in [-0.2, 0) is 23.9 Å². The number of hydrogen-bond donors (Lipinski definition) is 1. The molecular formula is C21H27N3O6. The molecule has 162 valence electrons. The van der Waals surface area contributed by atoms with E-state index in [1.54, 1.807) is 34.6 Å². The first kappa shape index (κ1) is 24.7. The van der Waals surface area contributed by atoms with Crippen molar-refractivity contribution in [1.82, 2.24) is 10.2 Å². The SMILES string of the molecule is CCN1C(=O)N=C(C)C(=C(C)C)C1=O.CCOC(=O)C1=CC(=C(C)C)C(=O)NC1=O. The lowest BCUT2D eigenvalue weighted by atomic mass is 10.0. The second-order valence-corrected chi connectivity index (χ2v) is 6.88. The van der Waals surface area contributed by atoms with Crippen LogP contribution in [0, 0.1) is 0 Å². The number of imide groups is 2. The van der Waals surface area contributed by atoms with Gasteiger partial charge in [0.2, 0.25) is 0 Å². The number of aliphatic imine (C=N–C) groups is 1. The molecule has 0 unspecified atom stereocenters. The quantitative estimate of drug-likeness (QED) is 0.325. The van der Waals surface area contributed by atoms with E-state index < -0.39 is 23.8 Å². The second kappa shape index (κ2) is 10.4. The summed E-state index contributed by atoms with van der Waals surface area (Å²) in [5.41, 5.74) is 2.88. The molecule has 0 spiro atoms. The summed E-state index contributed by atoms with van der Waals surface area (Å²) in [6.45, 7) is 12.8. The van der Waals surface area contributed by atoms with Gasteiger partial charge in [0.1, 0.15) is 5.57 Å². The minimum atomic E-state index is -0.716. The van der Waals surface area contributed by atoms with E-state index in [-0.39, 0.29) is 18.1 Å². The zero-order valence-corrected chi connectivity index (χ0v) is 18.3. The number of nitrogens with one attached hydrogen (secondary N) is 1. The zero-order chi connectivity index (χ0) is 23.2. The van der Waals surface area contributed by atoms with Crippen molar-refractivity contribution in [3.63, 3.8) is 0 Å². The first-order valence-electron chi connectivity index (χ1n) is 9.47. The lowest BCUT2D eigenvalue weighted by Crippen LogP contribution is -2.41. The Bertz CT molecular complexity index is 913. The van der Waals surface area contributed by atoms with Crippen LogP contribution in [0.5, 0.6) is 0 Å². The van der Waals surface area contributed by atoms with Gasteiger partial charge in [0, 0.05) is 12.1 Å². The third kappa shape index (κ3) is 5.59. The fourth-order valence-corrected chi connectivity index (χ4v) is 2.74. The highest BCUT2D eigenvalue weighted by Crippen LogP contribution is 2.17. The van der Waals surface area contributed by atoms with Crippen molar-refractivity contribution in [2.45, 2.75) is 48.5 Å². The Hall–Kier alpha value is -3.36. The monoisotopic (exact) mass is 417 g/mol. The van der Waals surface area contributed by atoms with Crippen LogP contribution in [0.3, 0.4) is 0 Å². The molecule has 30 heavy (non-hydrogen) atoms. The first-order chi connectivity index (χ1) is 14.0. The molecule has 2 rings (SSSR count). The van der Waals surface area contributed by atoms with E-state index in [4.69, 9.17) is 4.74 Å². The molecule has 9 nitrogen and oxygen atoms in total. The number of urea groups is 1. The topological polar surface area (TPSA) is 122 Å². The molecule has 0 radical (unpaired) electrons. The smallest absolute Gasteiger partial charge is 0.350 e. The largest absolute Gasteiger partial charge is 0.462 e. The maximum Gasteiger partial charge on any atom is 0.350 e. The van der Waals surface area contributed by atoms with Gasteiger partial charge in [-0.15, -0.1) is 0 Å². The second-order valence-electron chi connectivity index (χ2n) is 6.88. The first-order valence-corrected chi connectivity index (χ1v) is 9.47. The number of rotatable bonds is 3. The number of nitrogens with zero attached hydrogens (tertiary/aromatic N) is 2. The number of hydrogen-bond acceptors (Lipinski definition) is 6. The number of likely N-dealkylation sites (N-methyl/N-ethyl adjacent to an activating group) is 1. The molecule has 0 aliphatic carbocycles. The van der Waals surface area contributed by atoms with E-state index in [0.29, 0.717) is 23.4 Å². The standard InChI is InChI=1S/C11H13NO4.C10H14N2O2/c1-4-16-11(15)8-5-7(6(2)3)9(13)12-10(8)14;1-5-12-9(13)8(6(2)3)7(4)11-10(12)14/h5H,4H2,1-3H3,(H,12,13,14);5H2,1-4H3. The molecule has 2 heterocycles. The van der Waals surface area contributed by atoms with Gasteiger partial charge in [-0.2, -0.15) is 4.99 Å². The predicted molar refractivity (Wildman–Crippen MR) is 111 cm³/mol. The van der Waals surface area contributed by atoms with E-state index in [9.17, 15) is 24.0 Å². The van der Waals surface area contributed by atoms with Gasteiger partial charge >= 0.3 is 12.0 Å². The van der Waals surface area contributed by atoms with E-state index in [1.807, 2.05) is 13.8 Å². The third-order valence-corrected chi connectivity index (χ3v) is 4.17. The van der Waals surface area contributed by atoms with Crippen LogP contribution in [0.2, 0.25) is 0 Å². The average Bonchev–Trinajstić information content (AvgIpc) is 2.61. The highest BCUT2D eigenvalue weighted by Gasteiger charge is 2.30. The van der Waals surface area contributed by atoms with Gasteiger partial charge in [-0.3, -0.25) is 24.6 Å². The van der Waals surface area contributed by atoms with Crippen molar-refractivity contribution in [2.24, 2.45) is 4.99 Å². The summed E-state index contributed by atoms with van der Waals surface area (Å²) in [5, 5.41) is 2.10. The number of allylic oxidation sites excluding steroid dienone is 2. The summed E-state index contributed by atoms with van der Waals surface area (Å²) in [5.74, 6) is -2.15.